The summed E-state index contributed by atoms with van der Waals surface area (Å²) in [6, 6.07) is 0. The summed E-state index contributed by atoms with van der Waals surface area (Å²) in [7, 11) is -0.930. The van der Waals surface area contributed by atoms with Crippen LogP contribution < -0.4 is 0 Å². The first-order chi connectivity index (χ1) is 7.66. The smallest absolute Gasteiger partial charge is 0.304 e. The SMILES string of the molecule is CCCCCCCCCS(=O)CCC(=O)O. The first kappa shape index (κ1) is 15.6. The summed E-state index contributed by atoms with van der Waals surface area (Å²) < 4.78 is 11.3. The van der Waals surface area contributed by atoms with Gasteiger partial charge in [-0.05, 0) is 6.42 Å². The summed E-state index contributed by atoms with van der Waals surface area (Å²) in [6.07, 6.45) is 8.50. The Labute approximate surface area is 101 Å². The molecule has 4 heteroatoms. The van der Waals surface area contributed by atoms with Gasteiger partial charge in [-0.3, -0.25) is 9.00 Å². The van der Waals surface area contributed by atoms with Gasteiger partial charge in [0.2, 0.25) is 0 Å². The number of carbonyl (C=O) groups is 1. The van der Waals surface area contributed by atoms with Crippen molar-refractivity contribution < 1.29 is 14.1 Å². The van der Waals surface area contributed by atoms with Crippen molar-refractivity contribution in [3.8, 4) is 0 Å². The predicted octanol–water partition coefficient (Wildman–Crippen LogP) is 2.96. The van der Waals surface area contributed by atoms with Crippen molar-refractivity contribution in [1.29, 1.82) is 0 Å². The van der Waals surface area contributed by atoms with E-state index in [9.17, 15) is 9.00 Å². The minimum Gasteiger partial charge on any atom is -0.481 e. The Balaban J connectivity index is 3.18. The second-order valence-corrected chi connectivity index (χ2v) is 5.81. The van der Waals surface area contributed by atoms with Crippen LogP contribution in [0.3, 0.4) is 0 Å². The highest BCUT2D eigenvalue weighted by Gasteiger charge is 2.03. The van der Waals surface area contributed by atoms with Crippen LogP contribution in [0.15, 0.2) is 0 Å². The molecule has 0 amide bonds. The van der Waals surface area contributed by atoms with E-state index in [1.165, 1.54) is 32.1 Å². The predicted molar refractivity (Wildman–Crippen MR) is 68.1 cm³/mol. The largest absolute Gasteiger partial charge is 0.481 e. The van der Waals surface area contributed by atoms with E-state index in [1.54, 1.807) is 0 Å². The van der Waals surface area contributed by atoms with Gasteiger partial charge < -0.3 is 5.11 Å². The van der Waals surface area contributed by atoms with Crippen LogP contribution in [0.5, 0.6) is 0 Å². The number of hydrogen-bond acceptors (Lipinski definition) is 2. The molecule has 0 aliphatic heterocycles. The van der Waals surface area contributed by atoms with Crippen molar-refractivity contribution in [1.82, 2.24) is 0 Å². The number of rotatable bonds is 11. The number of aliphatic carboxylic acids is 1. The molecule has 0 aliphatic carbocycles. The molecule has 1 N–H and O–H groups in total. The van der Waals surface area contributed by atoms with E-state index in [-0.39, 0.29) is 6.42 Å². The van der Waals surface area contributed by atoms with Crippen molar-refractivity contribution in [2.75, 3.05) is 11.5 Å². The van der Waals surface area contributed by atoms with Gasteiger partial charge in [-0.15, -0.1) is 0 Å². The Kier molecular flexibility index (Phi) is 10.9. The molecule has 0 aromatic heterocycles. The third kappa shape index (κ3) is 11.7. The lowest BCUT2D eigenvalue weighted by atomic mass is 10.1. The number of hydrogen-bond donors (Lipinski definition) is 1. The van der Waals surface area contributed by atoms with Crippen molar-refractivity contribution in [2.45, 2.75) is 58.3 Å². The molecular weight excluding hydrogens is 224 g/mol. The standard InChI is InChI=1S/C12H24O3S/c1-2-3-4-5-6-7-8-10-16(15)11-9-12(13)14/h2-11H2,1H3,(H,13,14). The molecule has 3 nitrogen and oxygen atoms in total. The van der Waals surface area contributed by atoms with Gasteiger partial charge in [0, 0.05) is 22.3 Å². The van der Waals surface area contributed by atoms with Crippen LogP contribution in [-0.4, -0.2) is 26.8 Å². The lowest BCUT2D eigenvalue weighted by molar-refractivity contribution is -0.136. The normalized spacial score (nSPS) is 12.6. The second kappa shape index (κ2) is 11.1. The maximum absolute atomic E-state index is 11.3. The molecule has 0 radical (unpaired) electrons. The van der Waals surface area contributed by atoms with Crippen LogP contribution >= 0.6 is 0 Å². The molecule has 0 aromatic carbocycles. The Morgan fingerprint density at radius 2 is 1.56 bits per heavy atom. The number of unbranched alkanes of at least 4 members (excludes halogenated alkanes) is 6. The van der Waals surface area contributed by atoms with E-state index in [4.69, 9.17) is 5.11 Å². The van der Waals surface area contributed by atoms with Gasteiger partial charge in [-0.2, -0.15) is 0 Å². The van der Waals surface area contributed by atoms with Crippen LogP contribution in [0.2, 0.25) is 0 Å². The zero-order chi connectivity index (χ0) is 12.2. The van der Waals surface area contributed by atoms with Gasteiger partial charge in [-0.1, -0.05) is 45.4 Å². The van der Waals surface area contributed by atoms with E-state index >= 15 is 0 Å². The summed E-state index contributed by atoms with van der Waals surface area (Å²) >= 11 is 0. The number of carboxylic acids is 1. The molecule has 0 heterocycles. The number of carboxylic acid groups (broad SMARTS) is 1. The van der Waals surface area contributed by atoms with Gasteiger partial charge in [0.25, 0.3) is 0 Å². The lowest BCUT2D eigenvalue weighted by Gasteiger charge is -2.01. The summed E-state index contributed by atoms with van der Waals surface area (Å²) in [6.45, 7) is 2.20. The van der Waals surface area contributed by atoms with E-state index in [0.29, 0.717) is 11.5 Å². The molecule has 0 aliphatic rings. The lowest BCUT2D eigenvalue weighted by Crippen LogP contribution is -2.07. The fourth-order valence-corrected chi connectivity index (χ4v) is 2.66. The first-order valence-corrected chi connectivity index (χ1v) is 7.72. The van der Waals surface area contributed by atoms with Gasteiger partial charge in [0.05, 0.1) is 6.42 Å². The van der Waals surface area contributed by atoms with Crippen LogP contribution in [0, 0.1) is 0 Å². The Bertz CT molecular complexity index is 204. The van der Waals surface area contributed by atoms with E-state index in [1.807, 2.05) is 0 Å². The Morgan fingerprint density at radius 1 is 1.00 bits per heavy atom. The molecule has 0 fully saturated rings. The summed E-state index contributed by atoms with van der Waals surface area (Å²) in [5, 5.41) is 8.42. The van der Waals surface area contributed by atoms with Crippen molar-refractivity contribution >= 4 is 16.8 Å². The summed E-state index contributed by atoms with van der Waals surface area (Å²) in [5.74, 6) is 0.125. The molecule has 0 saturated carbocycles. The molecule has 1 unspecified atom stereocenters. The van der Waals surface area contributed by atoms with Gasteiger partial charge in [-0.25, -0.2) is 0 Å². The zero-order valence-electron chi connectivity index (χ0n) is 10.2. The van der Waals surface area contributed by atoms with Crippen LogP contribution in [0.4, 0.5) is 0 Å². The average molecular weight is 248 g/mol. The summed E-state index contributed by atoms with van der Waals surface area (Å²) in [5.41, 5.74) is 0. The van der Waals surface area contributed by atoms with Crippen molar-refractivity contribution in [2.24, 2.45) is 0 Å². The van der Waals surface area contributed by atoms with Crippen molar-refractivity contribution in [3.63, 3.8) is 0 Å². The quantitative estimate of drug-likeness (QED) is 0.572. The van der Waals surface area contributed by atoms with Gasteiger partial charge >= 0.3 is 5.97 Å². The monoisotopic (exact) mass is 248 g/mol. The maximum Gasteiger partial charge on any atom is 0.304 e. The molecule has 0 spiro atoms. The van der Waals surface area contributed by atoms with Crippen molar-refractivity contribution in [3.05, 3.63) is 0 Å². The van der Waals surface area contributed by atoms with E-state index < -0.39 is 16.8 Å². The summed E-state index contributed by atoms with van der Waals surface area (Å²) in [4.78, 5) is 10.2. The molecule has 0 saturated heterocycles. The first-order valence-electron chi connectivity index (χ1n) is 6.23. The van der Waals surface area contributed by atoms with E-state index in [2.05, 4.69) is 6.92 Å². The highest BCUT2D eigenvalue weighted by atomic mass is 32.2. The van der Waals surface area contributed by atoms with Crippen LogP contribution in [-0.2, 0) is 15.6 Å². The topological polar surface area (TPSA) is 54.4 Å². The Morgan fingerprint density at radius 3 is 2.12 bits per heavy atom. The molecule has 0 aromatic rings. The highest BCUT2D eigenvalue weighted by Crippen LogP contribution is 2.07. The highest BCUT2D eigenvalue weighted by molar-refractivity contribution is 7.84. The minimum atomic E-state index is -0.930. The van der Waals surface area contributed by atoms with Crippen LogP contribution in [0.25, 0.3) is 0 Å². The zero-order valence-corrected chi connectivity index (χ0v) is 11.1. The second-order valence-electron chi connectivity index (χ2n) is 4.11. The Hall–Kier alpha value is -0.380. The van der Waals surface area contributed by atoms with Gasteiger partial charge in [0.1, 0.15) is 0 Å². The molecule has 0 bridgehead atoms. The minimum absolute atomic E-state index is 0.0309. The van der Waals surface area contributed by atoms with Crippen LogP contribution in [0.1, 0.15) is 58.3 Å². The maximum atomic E-state index is 11.3. The molecule has 0 rings (SSSR count). The molecular formula is C12H24O3S. The third-order valence-corrected chi connectivity index (χ3v) is 3.92. The fraction of sp³-hybridized carbons (Fsp3) is 0.917. The third-order valence-electron chi connectivity index (χ3n) is 2.52. The molecule has 96 valence electrons. The van der Waals surface area contributed by atoms with Gasteiger partial charge in [0.15, 0.2) is 0 Å². The molecule has 16 heavy (non-hydrogen) atoms. The average Bonchev–Trinajstić information content (AvgIpc) is 2.25. The fourth-order valence-electron chi connectivity index (χ4n) is 1.52. The molecule has 1 atom stereocenters. The van der Waals surface area contributed by atoms with E-state index in [0.717, 1.165) is 12.8 Å².